The molecule has 2 rings (SSSR count). The van der Waals surface area contributed by atoms with E-state index >= 15 is 0 Å². The number of pyridine rings is 1. The van der Waals surface area contributed by atoms with Gasteiger partial charge in [-0.3, -0.25) is 4.79 Å². The van der Waals surface area contributed by atoms with Crippen LogP contribution in [0.5, 0.6) is 5.88 Å². The molecule has 110 valence electrons. The number of sulfonamides is 1. The first-order valence-electron chi connectivity index (χ1n) is 6.09. The number of carbonyl (C=O) groups is 1. The lowest BCUT2D eigenvalue weighted by Gasteiger charge is -2.07. The van der Waals surface area contributed by atoms with Crippen LogP contribution in [-0.4, -0.2) is 26.4 Å². The summed E-state index contributed by atoms with van der Waals surface area (Å²) in [6.07, 6.45) is 1.37. The van der Waals surface area contributed by atoms with Crippen molar-refractivity contribution < 1.29 is 17.9 Å². The van der Waals surface area contributed by atoms with Crippen LogP contribution in [0.25, 0.3) is 0 Å². The van der Waals surface area contributed by atoms with E-state index in [1.165, 1.54) is 25.4 Å². The molecule has 6 nitrogen and oxygen atoms in total. The second-order valence-electron chi connectivity index (χ2n) is 4.26. The molecule has 0 atom stereocenters. The Morgan fingerprint density at radius 3 is 2.62 bits per heavy atom. The van der Waals surface area contributed by atoms with Crippen molar-refractivity contribution in [3.63, 3.8) is 0 Å². The van der Waals surface area contributed by atoms with Gasteiger partial charge in [-0.2, -0.15) is 0 Å². The zero-order valence-electron chi connectivity index (χ0n) is 11.3. The highest BCUT2D eigenvalue weighted by Gasteiger charge is 2.17. The van der Waals surface area contributed by atoms with Gasteiger partial charge in [0, 0.05) is 17.8 Å². The summed E-state index contributed by atoms with van der Waals surface area (Å²) < 4.78 is 30.8. The Bertz CT molecular complexity index is 730. The molecule has 0 spiro atoms. The number of hydrogen-bond acceptors (Lipinski definition) is 5. The highest BCUT2D eigenvalue weighted by molar-refractivity contribution is 7.89. The van der Waals surface area contributed by atoms with Crippen LogP contribution in [0.2, 0.25) is 0 Å². The topological polar surface area (TPSA) is 85.4 Å². The number of nitrogens with zero attached hydrogens (tertiary/aromatic N) is 1. The lowest BCUT2D eigenvalue weighted by molar-refractivity contribution is 0.0981. The molecule has 0 radical (unpaired) electrons. The molecular formula is C14H14N2O4S. The number of hydrogen-bond donors (Lipinski definition) is 1. The summed E-state index contributed by atoms with van der Waals surface area (Å²) in [6, 6.07) is 11.4. The van der Waals surface area contributed by atoms with Crippen LogP contribution in [0, 0.1) is 0 Å². The number of ether oxygens (including phenoxy) is 1. The van der Waals surface area contributed by atoms with Crippen molar-refractivity contribution in [2.45, 2.75) is 5.75 Å². The van der Waals surface area contributed by atoms with Crippen molar-refractivity contribution >= 4 is 15.9 Å². The van der Waals surface area contributed by atoms with Crippen molar-refractivity contribution in [1.82, 2.24) is 9.71 Å². The molecule has 0 bridgehead atoms. The molecule has 1 amide bonds. The zero-order valence-corrected chi connectivity index (χ0v) is 12.1. The smallest absolute Gasteiger partial charge is 0.264 e. The van der Waals surface area contributed by atoms with E-state index in [-0.39, 0.29) is 17.2 Å². The Morgan fingerprint density at radius 1 is 1.24 bits per heavy atom. The van der Waals surface area contributed by atoms with Crippen LogP contribution < -0.4 is 9.46 Å². The van der Waals surface area contributed by atoms with E-state index in [9.17, 15) is 13.2 Å². The summed E-state index contributed by atoms with van der Waals surface area (Å²) in [5.74, 6) is -0.739. The van der Waals surface area contributed by atoms with Gasteiger partial charge in [0.15, 0.2) is 0 Å². The molecule has 0 aliphatic heterocycles. The summed E-state index contributed by atoms with van der Waals surface area (Å²) in [4.78, 5) is 15.8. The van der Waals surface area contributed by atoms with E-state index < -0.39 is 15.9 Å². The third kappa shape index (κ3) is 4.28. The molecule has 0 aliphatic carbocycles. The van der Waals surface area contributed by atoms with E-state index in [1.54, 1.807) is 30.3 Å². The summed E-state index contributed by atoms with van der Waals surface area (Å²) >= 11 is 0. The SMILES string of the molecule is COc1cc(C(=O)NS(=O)(=O)Cc2ccccc2)ccn1. The molecule has 1 N–H and O–H groups in total. The second-order valence-corrected chi connectivity index (χ2v) is 5.99. The van der Waals surface area contributed by atoms with Crippen LogP contribution in [0.15, 0.2) is 48.7 Å². The maximum Gasteiger partial charge on any atom is 0.264 e. The van der Waals surface area contributed by atoms with Gasteiger partial charge in [0.05, 0.1) is 12.9 Å². The standard InChI is InChI=1S/C14H14N2O4S/c1-20-13-9-12(7-8-15-13)14(17)16-21(18,19)10-11-5-3-2-4-6-11/h2-9H,10H2,1H3,(H,16,17). The number of amides is 1. The molecule has 1 heterocycles. The molecule has 0 aliphatic rings. The molecule has 0 unspecified atom stereocenters. The lowest BCUT2D eigenvalue weighted by atomic mass is 10.2. The Balaban J connectivity index is 2.10. The Labute approximate surface area is 122 Å². The average molecular weight is 306 g/mol. The van der Waals surface area contributed by atoms with Gasteiger partial charge in [-0.15, -0.1) is 0 Å². The molecule has 21 heavy (non-hydrogen) atoms. The number of methoxy groups -OCH3 is 1. The number of benzene rings is 1. The first-order chi connectivity index (χ1) is 10.00. The predicted molar refractivity (Wildman–Crippen MR) is 77.3 cm³/mol. The number of carbonyl (C=O) groups excluding carboxylic acids is 1. The first kappa shape index (κ1) is 15.0. The highest BCUT2D eigenvalue weighted by Crippen LogP contribution is 2.10. The Morgan fingerprint density at radius 2 is 1.95 bits per heavy atom. The summed E-state index contributed by atoms with van der Waals surface area (Å²) in [6.45, 7) is 0. The first-order valence-corrected chi connectivity index (χ1v) is 7.74. The van der Waals surface area contributed by atoms with Crippen molar-refractivity contribution in [2.75, 3.05) is 7.11 Å². The molecule has 2 aromatic rings. The minimum Gasteiger partial charge on any atom is -0.481 e. The summed E-state index contributed by atoms with van der Waals surface area (Å²) in [7, 11) is -2.35. The molecule has 0 saturated carbocycles. The van der Waals surface area contributed by atoms with Gasteiger partial charge in [-0.05, 0) is 11.6 Å². The van der Waals surface area contributed by atoms with Crippen LogP contribution >= 0.6 is 0 Å². The van der Waals surface area contributed by atoms with Gasteiger partial charge in [0.1, 0.15) is 0 Å². The predicted octanol–water partition coefficient (Wildman–Crippen LogP) is 1.35. The highest BCUT2D eigenvalue weighted by atomic mass is 32.2. The number of aromatic nitrogens is 1. The van der Waals surface area contributed by atoms with E-state index in [4.69, 9.17) is 4.74 Å². The monoisotopic (exact) mass is 306 g/mol. The molecule has 0 saturated heterocycles. The lowest BCUT2D eigenvalue weighted by Crippen LogP contribution is -2.31. The largest absolute Gasteiger partial charge is 0.481 e. The van der Waals surface area contributed by atoms with E-state index in [0.717, 1.165) is 0 Å². The third-order valence-electron chi connectivity index (χ3n) is 2.65. The van der Waals surface area contributed by atoms with Crippen LogP contribution in [0.3, 0.4) is 0 Å². The maximum atomic E-state index is 12.0. The van der Waals surface area contributed by atoms with Gasteiger partial charge >= 0.3 is 0 Å². The summed E-state index contributed by atoms with van der Waals surface area (Å²) in [5.41, 5.74) is 0.767. The van der Waals surface area contributed by atoms with Crippen molar-refractivity contribution in [1.29, 1.82) is 0 Å². The molecule has 7 heteroatoms. The van der Waals surface area contributed by atoms with E-state index in [1.807, 2.05) is 4.72 Å². The van der Waals surface area contributed by atoms with E-state index in [2.05, 4.69) is 4.98 Å². The Kier molecular flexibility index (Phi) is 4.54. The molecule has 1 aromatic carbocycles. The van der Waals surface area contributed by atoms with Crippen LogP contribution in [0.1, 0.15) is 15.9 Å². The maximum absolute atomic E-state index is 12.0. The quantitative estimate of drug-likeness (QED) is 0.901. The normalized spacial score (nSPS) is 10.9. The van der Waals surface area contributed by atoms with Gasteiger partial charge in [0.2, 0.25) is 15.9 Å². The minimum atomic E-state index is -3.76. The molecule has 0 fully saturated rings. The van der Waals surface area contributed by atoms with Gasteiger partial charge in [-0.25, -0.2) is 18.1 Å². The van der Waals surface area contributed by atoms with Crippen molar-refractivity contribution in [3.8, 4) is 5.88 Å². The fourth-order valence-corrected chi connectivity index (χ4v) is 2.80. The van der Waals surface area contributed by atoms with Crippen LogP contribution in [-0.2, 0) is 15.8 Å². The fraction of sp³-hybridized carbons (Fsp3) is 0.143. The zero-order chi connectivity index (χ0) is 15.3. The number of nitrogens with one attached hydrogen (secondary N) is 1. The second kappa shape index (κ2) is 6.36. The van der Waals surface area contributed by atoms with Crippen LogP contribution in [0.4, 0.5) is 0 Å². The van der Waals surface area contributed by atoms with Gasteiger partial charge in [0.25, 0.3) is 5.91 Å². The molecule has 1 aromatic heterocycles. The van der Waals surface area contributed by atoms with E-state index in [0.29, 0.717) is 5.56 Å². The van der Waals surface area contributed by atoms with Gasteiger partial charge < -0.3 is 4.74 Å². The fourth-order valence-electron chi connectivity index (χ4n) is 1.69. The van der Waals surface area contributed by atoms with Gasteiger partial charge in [-0.1, -0.05) is 30.3 Å². The van der Waals surface area contributed by atoms with Crippen molar-refractivity contribution in [3.05, 3.63) is 59.8 Å². The number of rotatable bonds is 5. The third-order valence-corrected chi connectivity index (χ3v) is 3.86. The minimum absolute atomic E-state index is 0.165. The molecular weight excluding hydrogens is 292 g/mol. The summed E-state index contributed by atoms with van der Waals surface area (Å²) in [5, 5.41) is 0. The van der Waals surface area contributed by atoms with Crippen molar-refractivity contribution in [2.24, 2.45) is 0 Å². The Hall–Kier alpha value is -2.41. The average Bonchev–Trinajstić information content (AvgIpc) is 2.47.